The molecule has 0 radical (unpaired) electrons. The monoisotopic (exact) mass is 421 g/mol. The highest BCUT2D eigenvalue weighted by Gasteiger charge is 2.17. The predicted octanol–water partition coefficient (Wildman–Crippen LogP) is 4.15. The largest absolute Gasteiger partial charge is 0.396 e. The van der Waals surface area contributed by atoms with Crippen molar-refractivity contribution in [3.63, 3.8) is 0 Å². The van der Waals surface area contributed by atoms with E-state index in [0.29, 0.717) is 18.9 Å². The Hall–Kier alpha value is -1.70. The lowest BCUT2D eigenvalue weighted by Crippen LogP contribution is -2.14. The van der Waals surface area contributed by atoms with E-state index in [1.54, 1.807) is 0 Å². The summed E-state index contributed by atoms with van der Waals surface area (Å²) in [6.07, 6.45) is 0.632. The van der Waals surface area contributed by atoms with E-state index >= 15 is 0 Å². The lowest BCUT2D eigenvalue weighted by molar-refractivity contribution is 0.0978. The van der Waals surface area contributed by atoms with Crippen molar-refractivity contribution >= 4 is 50.0 Å². The van der Waals surface area contributed by atoms with Crippen molar-refractivity contribution < 1.29 is 9.90 Å². The number of hydrogen-bond acceptors (Lipinski definition) is 5. The summed E-state index contributed by atoms with van der Waals surface area (Å²) in [5.74, 6) is 0.718. The molecule has 0 bridgehead atoms. The molecule has 2 heterocycles. The lowest BCUT2D eigenvalue weighted by atomic mass is 10.1. The van der Waals surface area contributed by atoms with Crippen molar-refractivity contribution in [2.75, 3.05) is 18.5 Å². The van der Waals surface area contributed by atoms with Crippen LogP contribution in [0.5, 0.6) is 0 Å². The molecule has 0 aliphatic carbocycles. The Morgan fingerprint density at radius 3 is 2.76 bits per heavy atom. The topological polar surface area (TPSA) is 67.2 Å². The zero-order valence-electron chi connectivity index (χ0n) is 14.2. The quantitative estimate of drug-likeness (QED) is 0.443. The van der Waals surface area contributed by atoms with E-state index in [-0.39, 0.29) is 18.9 Å². The van der Waals surface area contributed by atoms with Crippen LogP contribution < -0.4 is 5.32 Å². The number of aromatic nitrogens is 2. The van der Waals surface area contributed by atoms with Crippen LogP contribution in [0, 0.1) is 13.8 Å². The smallest absolute Gasteiger partial charge is 0.204 e. The van der Waals surface area contributed by atoms with E-state index in [0.717, 1.165) is 19.7 Å². The minimum atomic E-state index is 0.0541. The molecule has 0 spiro atoms. The molecule has 0 unspecified atom stereocenters. The number of aryl methyl sites for hydroxylation is 2. The van der Waals surface area contributed by atoms with Gasteiger partial charge in [0.05, 0.1) is 26.2 Å². The molecule has 0 aliphatic rings. The highest BCUT2D eigenvalue weighted by molar-refractivity contribution is 9.11. The van der Waals surface area contributed by atoms with Gasteiger partial charge in [0.25, 0.3) is 0 Å². The molecule has 132 valence electrons. The first-order valence-electron chi connectivity index (χ1n) is 8.10. The molecule has 7 heteroatoms. The molecule has 3 rings (SSSR count). The molecule has 0 amide bonds. The van der Waals surface area contributed by atoms with Crippen LogP contribution in [-0.2, 0) is 6.54 Å². The van der Waals surface area contributed by atoms with Crippen LogP contribution in [0.2, 0.25) is 0 Å². The Bertz CT molecular complexity index is 917. The molecule has 0 aliphatic heterocycles. The van der Waals surface area contributed by atoms with Crippen LogP contribution in [0.1, 0.15) is 27.2 Å². The number of benzene rings is 1. The molecule has 0 atom stereocenters. The number of anilines is 1. The third-order valence-corrected chi connectivity index (χ3v) is 5.80. The van der Waals surface area contributed by atoms with Crippen LogP contribution in [-0.4, -0.2) is 33.6 Å². The first-order valence-corrected chi connectivity index (χ1v) is 9.71. The highest BCUT2D eigenvalue weighted by atomic mass is 79.9. The van der Waals surface area contributed by atoms with Crippen molar-refractivity contribution in [3.05, 3.63) is 44.1 Å². The van der Waals surface area contributed by atoms with Gasteiger partial charge < -0.3 is 15.0 Å². The molecular weight excluding hydrogens is 402 g/mol. The van der Waals surface area contributed by atoms with E-state index in [1.807, 2.05) is 22.8 Å². The number of carbonyl (C=O) groups is 1. The fourth-order valence-corrected chi connectivity index (χ4v) is 3.96. The number of thiophene rings is 1. The van der Waals surface area contributed by atoms with Gasteiger partial charge in [-0.15, -0.1) is 11.3 Å². The van der Waals surface area contributed by atoms with Gasteiger partial charge in [0.1, 0.15) is 0 Å². The number of hydrogen-bond donors (Lipinski definition) is 2. The zero-order chi connectivity index (χ0) is 18.0. The molecule has 0 saturated heterocycles. The molecule has 0 saturated carbocycles. The van der Waals surface area contributed by atoms with Gasteiger partial charge in [0.2, 0.25) is 5.95 Å². The SMILES string of the molecule is Cc1cc2nc(NCCCO)n(CC(=O)c3ccc(Br)s3)c2cc1C. The van der Waals surface area contributed by atoms with Crippen molar-refractivity contribution in [1.29, 1.82) is 0 Å². The molecule has 5 nitrogen and oxygen atoms in total. The molecule has 0 fully saturated rings. The molecule has 2 aromatic heterocycles. The second-order valence-electron chi connectivity index (χ2n) is 5.98. The van der Waals surface area contributed by atoms with Crippen molar-refractivity contribution in [1.82, 2.24) is 9.55 Å². The van der Waals surface area contributed by atoms with E-state index in [9.17, 15) is 4.79 Å². The minimum Gasteiger partial charge on any atom is -0.396 e. The first-order chi connectivity index (χ1) is 12.0. The van der Waals surface area contributed by atoms with Gasteiger partial charge in [-0.1, -0.05) is 0 Å². The third kappa shape index (κ3) is 3.94. The van der Waals surface area contributed by atoms with Gasteiger partial charge in [0.15, 0.2) is 5.78 Å². The normalized spacial score (nSPS) is 11.2. The zero-order valence-corrected chi connectivity index (χ0v) is 16.6. The van der Waals surface area contributed by atoms with Gasteiger partial charge in [0, 0.05) is 13.2 Å². The number of aliphatic hydroxyl groups is 1. The first kappa shape index (κ1) is 18.1. The fraction of sp³-hybridized carbons (Fsp3) is 0.333. The van der Waals surface area contributed by atoms with Gasteiger partial charge in [-0.3, -0.25) is 4.79 Å². The standard InChI is InChI=1S/C18H20BrN3O2S/c1-11-8-13-14(9-12(11)2)22(18(21-13)20-6-3-7-23)10-15(24)16-4-5-17(19)25-16/h4-5,8-9,23H,3,6-7,10H2,1-2H3,(H,20,21). The fourth-order valence-electron chi connectivity index (χ4n) is 2.64. The average molecular weight is 422 g/mol. The summed E-state index contributed by atoms with van der Waals surface area (Å²) in [5, 5.41) is 12.2. The number of aliphatic hydroxyl groups excluding tert-OH is 1. The van der Waals surface area contributed by atoms with Crippen molar-refractivity contribution in [2.45, 2.75) is 26.8 Å². The van der Waals surface area contributed by atoms with E-state index in [4.69, 9.17) is 5.11 Å². The number of Topliss-reactive ketones (excluding diaryl/α,β-unsaturated/α-hetero) is 1. The van der Waals surface area contributed by atoms with Gasteiger partial charge in [-0.05, 0) is 71.6 Å². The second kappa shape index (κ2) is 7.68. The Morgan fingerprint density at radius 1 is 1.32 bits per heavy atom. The minimum absolute atomic E-state index is 0.0541. The van der Waals surface area contributed by atoms with Crippen LogP contribution in [0.25, 0.3) is 11.0 Å². The molecule has 1 aromatic carbocycles. The number of rotatable bonds is 7. The van der Waals surface area contributed by atoms with E-state index < -0.39 is 0 Å². The van der Waals surface area contributed by atoms with Crippen LogP contribution in [0.15, 0.2) is 28.1 Å². The Balaban J connectivity index is 1.98. The lowest BCUT2D eigenvalue weighted by Gasteiger charge is -2.10. The van der Waals surface area contributed by atoms with Gasteiger partial charge in [-0.25, -0.2) is 4.98 Å². The molecule has 3 aromatic rings. The third-order valence-electron chi connectivity index (χ3n) is 4.13. The molecule has 2 N–H and O–H groups in total. The number of imidazole rings is 1. The van der Waals surface area contributed by atoms with Crippen molar-refractivity contribution in [2.24, 2.45) is 0 Å². The predicted molar refractivity (Wildman–Crippen MR) is 106 cm³/mol. The van der Waals surface area contributed by atoms with Crippen LogP contribution in [0.4, 0.5) is 5.95 Å². The maximum absolute atomic E-state index is 12.7. The summed E-state index contributed by atoms with van der Waals surface area (Å²) in [5.41, 5.74) is 4.16. The Labute approximate surface area is 158 Å². The second-order valence-corrected chi connectivity index (χ2v) is 8.44. The number of nitrogens with one attached hydrogen (secondary N) is 1. The maximum Gasteiger partial charge on any atom is 0.204 e. The summed E-state index contributed by atoms with van der Waals surface area (Å²) in [6, 6.07) is 7.85. The Morgan fingerprint density at radius 2 is 2.08 bits per heavy atom. The summed E-state index contributed by atoms with van der Waals surface area (Å²) in [4.78, 5) is 18.0. The maximum atomic E-state index is 12.7. The molecule has 25 heavy (non-hydrogen) atoms. The van der Waals surface area contributed by atoms with Gasteiger partial charge in [-0.2, -0.15) is 0 Å². The van der Waals surface area contributed by atoms with E-state index in [1.165, 1.54) is 22.5 Å². The average Bonchev–Trinajstić information content (AvgIpc) is 3.14. The summed E-state index contributed by atoms with van der Waals surface area (Å²) in [6.45, 7) is 5.07. The number of nitrogens with zero attached hydrogens (tertiary/aromatic N) is 2. The molecular formula is C18H20BrN3O2S. The Kier molecular flexibility index (Phi) is 5.56. The van der Waals surface area contributed by atoms with Crippen molar-refractivity contribution in [3.8, 4) is 0 Å². The number of carbonyl (C=O) groups excluding carboxylic acids is 1. The summed E-state index contributed by atoms with van der Waals surface area (Å²) >= 11 is 4.84. The van der Waals surface area contributed by atoms with Gasteiger partial charge >= 0.3 is 0 Å². The van der Waals surface area contributed by atoms with E-state index in [2.05, 4.69) is 46.1 Å². The summed E-state index contributed by atoms with van der Waals surface area (Å²) < 4.78 is 2.87. The van der Waals surface area contributed by atoms with Crippen LogP contribution >= 0.6 is 27.3 Å². The number of fused-ring (bicyclic) bond motifs is 1. The number of halogens is 1. The highest BCUT2D eigenvalue weighted by Crippen LogP contribution is 2.26. The summed E-state index contributed by atoms with van der Waals surface area (Å²) in [7, 11) is 0. The van der Waals surface area contributed by atoms with Crippen LogP contribution in [0.3, 0.4) is 0 Å². The number of ketones is 1.